The van der Waals surface area contributed by atoms with Gasteiger partial charge >= 0.3 is 47.7 Å². The average molecular weight is 670 g/mol. The molecule has 0 saturated heterocycles. The lowest BCUT2D eigenvalue weighted by atomic mass is 9.90. The molecule has 0 aromatic heterocycles. The van der Waals surface area contributed by atoms with Gasteiger partial charge in [0.25, 0.3) is 0 Å². The maximum atomic E-state index is 14.7. The van der Waals surface area contributed by atoms with Crippen molar-refractivity contribution in [1.82, 2.24) is 0 Å². The number of carbonyl (C=O) groups excluding carboxylic acids is 1. The summed E-state index contributed by atoms with van der Waals surface area (Å²) in [6, 6.07) is 0. The van der Waals surface area contributed by atoms with Crippen LogP contribution in [0.1, 0.15) is 45.4 Å². The van der Waals surface area contributed by atoms with Crippen LogP contribution < -0.4 is 0 Å². The number of hydrogen-bond donors (Lipinski definition) is 0. The number of esters is 1. The Morgan fingerprint density at radius 3 is 1.53 bits per heavy atom. The zero-order chi connectivity index (χ0) is 34.0. The maximum absolute atomic E-state index is 14.7. The fraction of sp³-hybridized carbons (Fsp3) is 0.870. The first-order chi connectivity index (χ1) is 19.4. The minimum atomic E-state index is -8.46. The molecule has 0 heterocycles. The molecule has 20 heteroatoms. The SMILES string of the molecule is CCCCCCCCO/C(=C\C(=O)OCCOCCOC)C(F)(F)C(F)(F)C(F)(F)C(F)(F)C(F)(F)C(F)(F)C(F)(F)F. The van der Waals surface area contributed by atoms with Crippen molar-refractivity contribution in [3.8, 4) is 0 Å². The van der Waals surface area contributed by atoms with Gasteiger partial charge in [-0.05, 0) is 6.42 Å². The largest absolute Gasteiger partial charge is 0.491 e. The van der Waals surface area contributed by atoms with E-state index in [1.165, 1.54) is 7.11 Å². The van der Waals surface area contributed by atoms with E-state index in [-0.39, 0.29) is 26.1 Å². The average Bonchev–Trinajstić information content (AvgIpc) is 2.88. The zero-order valence-electron chi connectivity index (χ0n) is 22.6. The van der Waals surface area contributed by atoms with E-state index < -0.39 is 79.3 Å². The van der Waals surface area contributed by atoms with Crippen molar-refractivity contribution in [2.75, 3.05) is 40.1 Å². The zero-order valence-corrected chi connectivity index (χ0v) is 22.6. The fourth-order valence-corrected chi connectivity index (χ4v) is 3.00. The molecule has 0 radical (unpaired) electrons. The predicted molar refractivity (Wildman–Crippen MR) is 117 cm³/mol. The third kappa shape index (κ3) is 9.20. The molecular formula is C23H29F15O5. The molecule has 5 nitrogen and oxygen atoms in total. The molecule has 0 aromatic rings. The highest BCUT2D eigenvalue weighted by Gasteiger charge is 2.93. The van der Waals surface area contributed by atoms with Crippen molar-refractivity contribution in [3.05, 3.63) is 11.8 Å². The molecule has 0 unspecified atom stereocenters. The van der Waals surface area contributed by atoms with E-state index in [4.69, 9.17) is 4.74 Å². The van der Waals surface area contributed by atoms with Crippen molar-refractivity contribution >= 4 is 5.97 Å². The Bertz CT molecular complexity index is 889. The van der Waals surface area contributed by atoms with Crippen LogP contribution in [-0.4, -0.2) is 87.8 Å². The second kappa shape index (κ2) is 15.7. The van der Waals surface area contributed by atoms with Crippen LogP contribution in [0, 0.1) is 0 Å². The monoisotopic (exact) mass is 670 g/mol. The molecule has 0 aliphatic carbocycles. The lowest BCUT2D eigenvalue weighted by Crippen LogP contribution is -2.72. The van der Waals surface area contributed by atoms with Gasteiger partial charge in [-0.2, -0.15) is 65.9 Å². The Hall–Kier alpha value is -2.12. The van der Waals surface area contributed by atoms with Crippen molar-refractivity contribution in [3.63, 3.8) is 0 Å². The highest BCUT2D eigenvalue weighted by molar-refractivity contribution is 5.82. The van der Waals surface area contributed by atoms with Gasteiger partial charge in [-0.1, -0.05) is 39.0 Å². The first-order valence-electron chi connectivity index (χ1n) is 12.3. The van der Waals surface area contributed by atoms with Crippen LogP contribution in [0.2, 0.25) is 0 Å². The van der Waals surface area contributed by atoms with Crippen molar-refractivity contribution in [2.45, 2.75) is 87.2 Å². The number of carbonyl (C=O) groups is 1. The Morgan fingerprint density at radius 2 is 1.02 bits per heavy atom. The van der Waals surface area contributed by atoms with Crippen LogP contribution in [-0.2, 0) is 23.7 Å². The fourth-order valence-electron chi connectivity index (χ4n) is 3.00. The first kappa shape index (κ1) is 40.9. The summed E-state index contributed by atoms with van der Waals surface area (Å²) < 4.78 is 222. The Kier molecular flexibility index (Phi) is 15.0. The molecule has 0 aromatic carbocycles. The normalized spacial score (nSPS) is 14.7. The minimum absolute atomic E-state index is 0.0401. The number of allylic oxidation sites excluding steroid dienone is 1. The van der Waals surface area contributed by atoms with Crippen molar-refractivity contribution in [2.24, 2.45) is 0 Å². The van der Waals surface area contributed by atoms with Gasteiger partial charge in [-0.15, -0.1) is 0 Å². The van der Waals surface area contributed by atoms with Crippen LogP contribution in [0.25, 0.3) is 0 Å². The quantitative estimate of drug-likeness (QED) is 0.0410. The van der Waals surface area contributed by atoms with Crippen molar-refractivity contribution in [1.29, 1.82) is 0 Å². The molecule has 0 N–H and O–H groups in total. The highest BCUT2D eigenvalue weighted by Crippen LogP contribution is 2.63. The summed E-state index contributed by atoms with van der Waals surface area (Å²) >= 11 is 0. The molecular weight excluding hydrogens is 641 g/mol. The summed E-state index contributed by atoms with van der Waals surface area (Å²) in [4.78, 5) is 11.9. The predicted octanol–water partition coefficient (Wildman–Crippen LogP) is 7.83. The van der Waals surface area contributed by atoms with Gasteiger partial charge < -0.3 is 18.9 Å². The molecule has 256 valence electrons. The van der Waals surface area contributed by atoms with Crippen LogP contribution in [0.3, 0.4) is 0 Å². The number of methoxy groups -OCH3 is 1. The summed E-state index contributed by atoms with van der Waals surface area (Å²) in [5.74, 6) is -52.9. The number of halogens is 15. The second-order valence-corrected chi connectivity index (χ2v) is 8.84. The first-order valence-corrected chi connectivity index (χ1v) is 12.3. The summed E-state index contributed by atoms with van der Waals surface area (Å²) in [6.07, 6.45) is -6.08. The van der Waals surface area contributed by atoms with Gasteiger partial charge in [0.2, 0.25) is 0 Å². The molecule has 0 saturated carbocycles. The van der Waals surface area contributed by atoms with E-state index in [2.05, 4.69) is 14.2 Å². The van der Waals surface area contributed by atoms with E-state index >= 15 is 0 Å². The highest BCUT2D eigenvalue weighted by atomic mass is 19.4. The number of hydrogen-bond acceptors (Lipinski definition) is 5. The minimum Gasteiger partial charge on any atom is -0.491 e. The van der Waals surface area contributed by atoms with Crippen molar-refractivity contribution < 1.29 is 89.6 Å². The molecule has 0 aliphatic rings. The van der Waals surface area contributed by atoms with E-state index in [0.717, 1.165) is 12.8 Å². The molecule has 0 spiro atoms. The Balaban J connectivity index is 6.37. The van der Waals surface area contributed by atoms with Crippen LogP contribution in [0.4, 0.5) is 65.9 Å². The van der Waals surface area contributed by atoms with Gasteiger partial charge in [-0.3, -0.25) is 0 Å². The molecule has 0 fully saturated rings. The van der Waals surface area contributed by atoms with E-state index in [9.17, 15) is 70.7 Å². The summed E-state index contributed by atoms with van der Waals surface area (Å²) in [5.41, 5.74) is 0. The number of rotatable bonds is 21. The summed E-state index contributed by atoms with van der Waals surface area (Å²) in [5, 5.41) is 0. The van der Waals surface area contributed by atoms with Crippen LogP contribution in [0.15, 0.2) is 11.8 Å². The maximum Gasteiger partial charge on any atom is 0.460 e. The third-order valence-corrected chi connectivity index (χ3v) is 5.55. The lowest BCUT2D eigenvalue weighted by Gasteiger charge is -2.41. The second-order valence-electron chi connectivity index (χ2n) is 8.84. The molecule has 0 rings (SSSR count). The topological polar surface area (TPSA) is 54.0 Å². The molecule has 43 heavy (non-hydrogen) atoms. The van der Waals surface area contributed by atoms with Crippen LogP contribution >= 0.6 is 0 Å². The third-order valence-electron chi connectivity index (χ3n) is 5.55. The molecule has 0 aliphatic heterocycles. The standard InChI is InChI=1S/C23H29F15O5/c1-3-4-5-6-7-8-9-42-15(14-16(39)43-13-12-41-11-10-40-2)17(24,25)18(26,27)19(28,29)20(30,31)21(32,33)22(34,35)23(36,37)38/h14H,3-13H2,1-2H3/b15-14-. The number of alkyl halides is 15. The van der Waals surface area contributed by atoms with Gasteiger partial charge in [0.1, 0.15) is 6.61 Å². The number of ether oxygens (including phenoxy) is 4. The van der Waals surface area contributed by atoms with Gasteiger partial charge in [0, 0.05) is 7.11 Å². The van der Waals surface area contributed by atoms with Crippen LogP contribution in [0.5, 0.6) is 0 Å². The molecule has 0 amide bonds. The van der Waals surface area contributed by atoms with E-state index in [1.54, 1.807) is 0 Å². The Morgan fingerprint density at radius 1 is 0.558 bits per heavy atom. The van der Waals surface area contributed by atoms with Gasteiger partial charge in [0.15, 0.2) is 5.76 Å². The van der Waals surface area contributed by atoms with E-state index in [0.29, 0.717) is 12.8 Å². The lowest BCUT2D eigenvalue weighted by molar-refractivity contribution is -0.451. The molecule has 0 bridgehead atoms. The van der Waals surface area contributed by atoms with Gasteiger partial charge in [-0.25, -0.2) is 4.79 Å². The smallest absolute Gasteiger partial charge is 0.460 e. The van der Waals surface area contributed by atoms with Gasteiger partial charge in [0.05, 0.1) is 32.5 Å². The number of unbranched alkanes of at least 4 members (excludes halogenated alkanes) is 5. The van der Waals surface area contributed by atoms with E-state index in [1.807, 2.05) is 6.92 Å². The molecule has 0 atom stereocenters. The summed E-state index contributed by atoms with van der Waals surface area (Å²) in [6.45, 7) is -0.538. The summed E-state index contributed by atoms with van der Waals surface area (Å²) in [7, 11) is 1.28. The Labute approximate surface area is 235 Å².